The summed E-state index contributed by atoms with van der Waals surface area (Å²) in [5.74, 6) is 0.841. The van der Waals surface area contributed by atoms with Crippen LogP contribution in [0.4, 0.5) is 5.69 Å². The zero-order valence-electron chi connectivity index (χ0n) is 18.7. The normalized spacial score (nSPS) is 17.1. The highest BCUT2D eigenvalue weighted by molar-refractivity contribution is 6.32. The number of anilines is 1. The molecule has 2 aliphatic heterocycles. The first-order valence-electron chi connectivity index (χ1n) is 11.5. The molecule has 0 unspecified atom stereocenters. The number of ether oxygens (including phenoxy) is 1. The molecule has 0 aromatic heterocycles. The zero-order chi connectivity index (χ0) is 23.5. The van der Waals surface area contributed by atoms with E-state index in [1.54, 1.807) is 30.3 Å². The summed E-state index contributed by atoms with van der Waals surface area (Å²) in [5, 5.41) is 3.37. The van der Waals surface area contributed by atoms with Crippen LogP contribution < -0.4 is 10.1 Å². The first-order chi connectivity index (χ1) is 16.6. The topological polar surface area (TPSA) is 58.6 Å². The Morgan fingerprint density at radius 2 is 1.76 bits per heavy atom. The molecule has 0 saturated carbocycles. The Hall–Kier alpha value is -3.57. The van der Waals surface area contributed by atoms with Crippen LogP contribution in [-0.4, -0.2) is 29.8 Å². The van der Waals surface area contributed by atoms with Crippen LogP contribution in [0.3, 0.4) is 0 Å². The number of carbonyl (C=O) groups excluding carboxylic acids is 2. The molecule has 6 heteroatoms. The van der Waals surface area contributed by atoms with Gasteiger partial charge in [0.05, 0.1) is 5.69 Å². The summed E-state index contributed by atoms with van der Waals surface area (Å²) >= 11 is 6.20. The highest BCUT2D eigenvalue weighted by Crippen LogP contribution is 2.33. The highest BCUT2D eigenvalue weighted by Gasteiger charge is 2.27. The number of hydrogen-bond donors (Lipinski definition) is 1. The van der Waals surface area contributed by atoms with Crippen molar-refractivity contribution in [2.24, 2.45) is 5.92 Å². The van der Waals surface area contributed by atoms with E-state index in [1.165, 1.54) is 5.56 Å². The van der Waals surface area contributed by atoms with Crippen molar-refractivity contribution >= 4 is 35.2 Å². The van der Waals surface area contributed by atoms with Crippen molar-refractivity contribution in [3.05, 3.63) is 100 Å². The quantitative estimate of drug-likeness (QED) is 0.488. The van der Waals surface area contributed by atoms with Gasteiger partial charge in [-0.15, -0.1) is 0 Å². The van der Waals surface area contributed by atoms with Gasteiger partial charge < -0.3 is 15.0 Å². The molecule has 5 nitrogen and oxygen atoms in total. The molecule has 3 aromatic carbocycles. The maximum atomic E-state index is 13.1. The predicted molar refractivity (Wildman–Crippen MR) is 134 cm³/mol. The Balaban J connectivity index is 1.25. The van der Waals surface area contributed by atoms with Gasteiger partial charge in [0.15, 0.2) is 11.5 Å². The minimum absolute atomic E-state index is 0.0207. The molecule has 0 bridgehead atoms. The third-order valence-corrected chi connectivity index (χ3v) is 6.72. The number of benzene rings is 3. The van der Waals surface area contributed by atoms with Crippen molar-refractivity contribution in [1.29, 1.82) is 0 Å². The number of piperidine rings is 1. The van der Waals surface area contributed by atoms with Crippen molar-refractivity contribution in [1.82, 2.24) is 4.90 Å². The van der Waals surface area contributed by atoms with Crippen molar-refractivity contribution in [3.8, 4) is 5.75 Å². The second-order valence-corrected chi connectivity index (χ2v) is 9.13. The van der Waals surface area contributed by atoms with Gasteiger partial charge in [0, 0.05) is 23.7 Å². The number of nitrogens with one attached hydrogen (secondary N) is 1. The van der Waals surface area contributed by atoms with E-state index in [1.807, 2.05) is 29.2 Å². The van der Waals surface area contributed by atoms with Gasteiger partial charge in [0.2, 0.25) is 0 Å². The molecule has 0 atom stereocenters. The van der Waals surface area contributed by atoms with Gasteiger partial charge in [-0.2, -0.15) is 0 Å². The molecule has 3 aromatic rings. The molecule has 2 amide bonds. The predicted octanol–water partition coefficient (Wildman–Crippen LogP) is 5.81. The lowest BCUT2D eigenvalue weighted by molar-refractivity contribution is -0.115. The van der Waals surface area contributed by atoms with Crippen LogP contribution in [0.5, 0.6) is 5.75 Å². The second-order valence-electron chi connectivity index (χ2n) is 8.72. The van der Waals surface area contributed by atoms with Crippen molar-refractivity contribution < 1.29 is 14.3 Å². The summed E-state index contributed by atoms with van der Waals surface area (Å²) in [6, 6.07) is 22.9. The van der Waals surface area contributed by atoms with Gasteiger partial charge in [0.25, 0.3) is 11.8 Å². The third-order valence-electron chi connectivity index (χ3n) is 6.38. The number of nitrogens with zero attached hydrogens (tertiary/aromatic N) is 1. The van der Waals surface area contributed by atoms with E-state index >= 15 is 0 Å². The number of rotatable bonds is 4. The lowest BCUT2D eigenvalue weighted by Gasteiger charge is -2.32. The van der Waals surface area contributed by atoms with Gasteiger partial charge in [-0.3, -0.25) is 9.59 Å². The molecule has 2 heterocycles. The van der Waals surface area contributed by atoms with Crippen LogP contribution in [0.25, 0.3) is 6.08 Å². The molecular weight excluding hydrogens is 448 g/mol. The smallest absolute Gasteiger partial charge is 0.291 e. The largest absolute Gasteiger partial charge is 0.449 e. The van der Waals surface area contributed by atoms with Gasteiger partial charge in [-0.25, -0.2) is 0 Å². The number of carbonyl (C=O) groups is 2. The second kappa shape index (κ2) is 9.74. The average molecular weight is 473 g/mol. The van der Waals surface area contributed by atoms with E-state index in [2.05, 4.69) is 29.6 Å². The molecule has 2 aliphatic rings. The van der Waals surface area contributed by atoms with E-state index < -0.39 is 0 Å². The first-order valence-corrected chi connectivity index (χ1v) is 11.9. The van der Waals surface area contributed by atoms with Crippen molar-refractivity contribution in [3.63, 3.8) is 0 Å². The van der Waals surface area contributed by atoms with Crippen LogP contribution in [-0.2, 0) is 11.2 Å². The Morgan fingerprint density at radius 1 is 1.03 bits per heavy atom. The highest BCUT2D eigenvalue weighted by atomic mass is 35.5. The maximum absolute atomic E-state index is 13.1. The van der Waals surface area contributed by atoms with Gasteiger partial charge >= 0.3 is 0 Å². The number of hydrogen-bond acceptors (Lipinski definition) is 3. The van der Waals surface area contributed by atoms with Gasteiger partial charge in [-0.1, -0.05) is 60.1 Å². The van der Waals surface area contributed by atoms with E-state index in [0.717, 1.165) is 32.4 Å². The van der Waals surface area contributed by atoms with Gasteiger partial charge in [-0.05, 0) is 66.6 Å². The summed E-state index contributed by atoms with van der Waals surface area (Å²) < 4.78 is 5.82. The number of halogens is 1. The fraction of sp³-hybridized carbons (Fsp3) is 0.214. The summed E-state index contributed by atoms with van der Waals surface area (Å²) in [7, 11) is 0. The van der Waals surface area contributed by atoms with Crippen LogP contribution >= 0.6 is 11.6 Å². The third kappa shape index (κ3) is 4.85. The first kappa shape index (κ1) is 22.2. The Kier molecular flexibility index (Phi) is 6.37. The maximum Gasteiger partial charge on any atom is 0.291 e. The Labute approximate surface area is 204 Å². The molecule has 1 N–H and O–H groups in total. The van der Waals surface area contributed by atoms with Crippen LogP contribution in [0.2, 0.25) is 5.02 Å². The van der Waals surface area contributed by atoms with Crippen molar-refractivity contribution in [2.75, 3.05) is 18.4 Å². The summed E-state index contributed by atoms with van der Waals surface area (Å²) in [4.78, 5) is 27.6. The SMILES string of the molecule is O=C1Nc2cc(C(=O)N3CCC(Cc4ccccc4)CC3)ccc2O/C1=C\c1ccccc1Cl. The summed E-state index contributed by atoms with van der Waals surface area (Å²) in [6.45, 7) is 1.47. The number of amides is 2. The Morgan fingerprint density at radius 3 is 2.53 bits per heavy atom. The van der Waals surface area contributed by atoms with E-state index in [0.29, 0.717) is 33.5 Å². The lowest BCUT2D eigenvalue weighted by Crippen LogP contribution is -2.39. The van der Waals surface area contributed by atoms with E-state index in [9.17, 15) is 9.59 Å². The van der Waals surface area contributed by atoms with Crippen LogP contribution in [0, 0.1) is 5.92 Å². The van der Waals surface area contributed by atoms with Crippen LogP contribution in [0.15, 0.2) is 78.6 Å². The molecule has 172 valence electrons. The fourth-order valence-corrected chi connectivity index (χ4v) is 4.69. The molecule has 5 rings (SSSR count). The van der Waals surface area contributed by atoms with Gasteiger partial charge in [0.1, 0.15) is 0 Å². The summed E-state index contributed by atoms with van der Waals surface area (Å²) in [6.07, 6.45) is 4.64. The monoisotopic (exact) mass is 472 g/mol. The molecule has 0 spiro atoms. The summed E-state index contributed by atoms with van der Waals surface area (Å²) in [5.41, 5.74) is 3.08. The van der Waals surface area contributed by atoms with E-state index in [-0.39, 0.29) is 17.6 Å². The average Bonchev–Trinajstić information content (AvgIpc) is 2.86. The molecule has 34 heavy (non-hydrogen) atoms. The molecule has 0 aliphatic carbocycles. The number of likely N-dealkylation sites (tertiary alicyclic amines) is 1. The molecule has 1 fully saturated rings. The standard InChI is InChI=1S/C28H25ClN2O3/c29-23-9-5-4-8-21(23)18-26-27(32)30-24-17-22(10-11-25(24)34-26)28(33)31-14-12-20(13-15-31)16-19-6-2-1-3-7-19/h1-11,17-18,20H,12-16H2,(H,30,32)/b26-18-. The molecule has 1 saturated heterocycles. The van der Waals surface area contributed by atoms with Crippen molar-refractivity contribution in [2.45, 2.75) is 19.3 Å². The molecule has 0 radical (unpaired) electrons. The fourth-order valence-electron chi connectivity index (χ4n) is 4.50. The van der Waals surface area contributed by atoms with Crippen LogP contribution in [0.1, 0.15) is 34.3 Å². The number of fused-ring (bicyclic) bond motifs is 1. The minimum Gasteiger partial charge on any atom is -0.449 e. The Bertz CT molecular complexity index is 1250. The molecular formula is C28H25ClN2O3. The lowest BCUT2D eigenvalue weighted by atomic mass is 9.90. The van der Waals surface area contributed by atoms with E-state index in [4.69, 9.17) is 16.3 Å². The zero-order valence-corrected chi connectivity index (χ0v) is 19.4. The minimum atomic E-state index is -0.376.